The summed E-state index contributed by atoms with van der Waals surface area (Å²) in [4.78, 5) is 16.7. The molecule has 4 rings (SSSR count). The molecule has 4 nitrogen and oxygen atoms in total. The molecule has 0 spiro atoms. The monoisotopic (exact) mass is 340 g/mol. The van der Waals surface area contributed by atoms with Crippen LogP contribution in [0.3, 0.4) is 0 Å². The van der Waals surface area contributed by atoms with Crippen LogP contribution >= 0.6 is 0 Å². The van der Waals surface area contributed by atoms with Crippen LogP contribution in [0, 0.1) is 5.82 Å². The largest absolute Gasteiger partial charge is 0.493 e. The van der Waals surface area contributed by atoms with Crippen LogP contribution in [-0.2, 0) is 13.0 Å². The second kappa shape index (κ2) is 6.84. The molecule has 0 unspecified atom stereocenters. The number of rotatable bonds is 3. The van der Waals surface area contributed by atoms with Crippen LogP contribution in [0.4, 0.5) is 4.39 Å². The van der Waals surface area contributed by atoms with Gasteiger partial charge in [0, 0.05) is 44.7 Å². The number of benzene rings is 2. The topological polar surface area (TPSA) is 32.8 Å². The third-order valence-electron chi connectivity index (χ3n) is 4.91. The third kappa shape index (κ3) is 3.51. The Labute approximate surface area is 146 Å². The van der Waals surface area contributed by atoms with Crippen molar-refractivity contribution < 1.29 is 13.9 Å². The molecular formula is C20H21FN2O2. The molecule has 5 heteroatoms. The van der Waals surface area contributed by atoms with Gasteiger partial charge in [0.1, 0.15) is 11.6 Å². The predicted molar refractivity (Wildman–Crippen MR) is 93.2 cm³/mol. The smallest absolute Gasteiger partial charge is 0.253 e. The van der Waals surface area contributed by atoms with E-state index in [-0.39, 0.29) is 11.7 Å². The Kier molecular flexibility index (Phi) is 4.40. The molecule has 25 heavy (non-hydrogen) atoms. The molecule has 0 atom stereocenters. The lowest BCUT2D eigenvalue weighted by atomic mass is 10.1. The predicted octanol–water partition coefficient (Wildman–Crippen LogP) is 2.72. The summed E-state index contributed by atoms with van der Waals surface area (Å²) in [6.07, 6.45) is 0.989. The first kappa shape index (κ1) is 16.1. The van der Waals surface area contributed by atoms with Crippen LogP contribution in [0.25, 0.3) is 0 Å². The maximum absolute atomic E-state index is 13.0. The molecule has 1 amide bonds. The zero-order valence-corrected chi connectivity index (χ0v) is 14.1. The van der Waals surface area contributed by atoms with Crippen molar-refractivity contribution in [2.45, 2.75) is 13.0 Å². The summed E-state index contributed by atoms with van der Waals surface area (Å²) in [5.41, 5.74) is 3.14. The summed E-state index contributed by atoms with van der Waals surface area (Å²) in [6, 6.07) is 12.2. The first-order valence-electron chi connectivity index (χ1n) is 8.71. The van der Waals surface area contributed by atoms with Crippen molar-refractivity contribution in [3.05, 3.63) is 65.0 Å². The van der Waals surface area contributed by atoms with E-state index in [1.165, 1.54) is 23.3 Å². The molecule has 2 aliphatic heterocycles. The summed E-state index contributed by atoms with van der Waals surface area (Å²) in [7, 11) is 0. The van der Waals surface area contributed by atoms with Crippen molar-refractivity contribution in [1.82, 2.24) is 9.80 Å². The molecule has 2 heterocycles. The van der Waals surface area contributed by atoms with Gasteiger partial charge in [0.2, 0.25) is 0 Å². The zero-order chi connectivity index (χ0) is 17.2. The van der Waals surface area contributed by atoms with E-state index in [1.807, 2.05) is 4.90 Å². The Balaban J connectivity index is 1.33. The standard InChI is InChI=1S/C20H21FN2O2/c21-18-4-2-16(3-5-18)20(24)23-10-8-22(9-11-23)14-15-1-6-19-17(13-15)7-12-25-19/h1-6,13H,7-12,14H2. The third-order valence-corrected chi connectivity index (χ3v) is 4.91. The Bertz CT molecular complexity index is 768. The lowest BCUT2D eigenvalue weighted by Gasteiger charge is -2.34. The second-order valence-electron chi connectivity index (χ2n) is 6.62. The molecule has 130 valence electrons. The molecule has 1 fully saturated rings. The Morgan fingerprint density at radius 1 is 1.04 bits per heavy atom. The molecule has 0 aliphatic carbocycles. The van der Waals surface area contributed by atoms with Crippen molar-refractivity contribution in [2.24, 2.45) is 0 Å². The summed E-state index contributed by atoms with van der Waals surface area (Å²) < 4.78 is 18.5. The fraction of sp³-hybridized carbons (Fsp3) is 0.350. The Morgan fingerprint density at radius 2 is 1.80 bits per heavy atom. The molecule has 0 aromatic heterocycles. The summed E-state index contributed by atoms with van der Waals surface area (Å²) in [6.45, 7) is 4.77. The van der Waals surface area contributed by atoms with Crippen LogP contribution in [0.2, 0.25) is 0 Å². The molecule has 2 aromatic carbocycles. The van der Waals surface area contributed by atoms with Gasteiger partial charge in [-0.15, -0.1) is 0 Å². The maximum Gasteiger partial charge on any atom is 0.253 e. The Morgan fingerprint density at radius 3 is 2.56 bits per heavy atom. The normalized spacial score (nSPS) is 17.2. The van der Waals surface area contributed by atoms with Crippen molar-refractivity contribution in [1.29, 1.82) is 0 Å². The van der Waals surface area contributed by atoms with Gasteiger partial charge in [-0.3, -0.25) is 9.69 Å². The molecule has 1 saturated heterocycles. The number of piperazine rings is 1. The van der Waals surface area contributed by atoms with E-state index in [4.69, 9.17) is 4.74 Å². The Hall–Kier alpha value is -2.40. The number of ether oxygens (including phenoxy) is 1. The second-order valence-corrected chi connectivity index (χ2v) is 6.62. The van der Waals surface area contributed by atoms with Gasteiger partial charge >= 0.3 is 0 Å². The molecule has 0 saturated carbocycles. The van der Waals surface area contributed by atoms with Crippen LogP contribution in [0.5, 0.6) is 5.75 Å². The minimum Gasteiger partial charge on any atom is -0.493 e. The quantitative estimate of drug-likeness (QED) is 0.861. The van der Waals surface area contributed by atoms with Crippen molar-refractivity contribution >= 4 is 5.91 Å². The molecule has 2 aromatic rings. The average Bonchev–Trinajstić information content (AvgIpc) is 3.10. The molecule has 0 radical (unpaired) electrons. The first-order chi connectivity index (χ1) is 12.2. The number of amides is 1. The number of fused-ring (bicyclic) bond motifs is 1. The van der Waals surface area contributed by atoms with Gasteiger partial charge in [-0.1, -0.05) is 12.1 Å². The number of carbonyl (C=O) groups is 1. The van der Waals surface area contributed by atoms with Gasteiger partial charge in [-0.2, -0.15) is 0 Å². The van der Waals surface area contributed by atoms with Gasteiger partial charge < -0.3 is 9.64 Å². The summed E-state index contributed by atoms with van der Waals surface area (Å²) in [5.74, 6) is 0.675. The minimum absolute atomic E-state index is 0.0191. The van der Waals surface area contributed by atoms with E-state index in [9.17, 15) is 9.18 Å². The van der Waals surface area contributed by atoms with E-state index >= 15 is 0 Å². The number of hydrogen-bond acceptors (Lipinski definition) is 3. The zero-order valence-electron chi connectivity index (χ0n) is 14.1. The SMILES string of the molecule is O=C(c1ccc(F)cc1)N1CCN(Cc2ccc3c(c2)CCO3)CC1. The van der Waals surface area contributed by atoms with E-state index in [0.29, 0.717) is 18.7 Å². The highest BCUT2D eigenvalue weighted by atomic mass is 19.1. The van der Waals surface area contributed by atoms with Gasteiger partial charge in [0.05, 0.1) is 6.61 Å². The van der Waals surface area contributed by atoms with E-state index in [1.54, 1.807) is 12.1 Å². The highest BCUT2D eigenvalue weighted by Gasteiger charge is 2.22. The highest BCUT2D eigenvalue weighted by molar-refractivity contribution is 5.94. The molecule has 0 N–H and O–H groups in total. The van der Waals surface area contributed by atoms with Gasteiger partial charge in [0.15, 0.2) is 0 Å². The lowest BCUT2D eigenvalue weighted by Crippen LogP contribution is -2.48. The highest BCUT2D eigenvalue weighted by Crippen LogP contribution is 2.26. The minimum atomic E-state index is -0.318. The van der Waals surface area contributed by atoms with Crippen LogP contribution in [0.15, 0.2) is 42.5 Å². The maximum atomic E-state index is 13.0. The number of nitrogens with zero attached hydrogens (tertiary/aromatic N) is 2. The van der Waals surface area contributed by atoms with Crippen LogP contribution < -0.4 is 4.74 Å². The number of hydrogen-bond donors (Lipinski definition) is 0. The van der Waals surface area contributed by atoms with Gasteiger partial charge in [-0.25, -0.2) is 4.39 Å². The van der Waals surface area contributed by atoms with E-state index in [0.717, 1.165) is 38.4 Å². The molecule has 0 bridgehead atoms. The van der Waals surface area contributed by atoms with Crippen LogP contribution in [0.1, 0.15) is 21.5 Å². The molecule has 2 aliphatic rings. The first-order valence-corrected chi connectivity index (χ1v) is 8.71. The number of halogens is 1. The fourth-order valence-corrected chi connectivity index (χ4v) is 3.48. The van der Waals surface area contributed by atoms with E-state index < -0.39 is 0 Å². The lowest BCUT2D eigenvalue weighted by molar-refractivity contribution is 0.0628. The van der Waals surface area contributed by atoms with Gasteiger partial charge in [0.25, 0.3) is 5.91 Å². The van der Waals surface area contributed by atoms with Crippen molar-refractivity contribution in [3.8, 4) is 5.75 Å². The average molecular weight is 340 g/mol. The van der Waals surface area contributed by atoms with Gasteiger partial charge in [-0.05, 0) is 41.5 Å². The fourth-order valence-electron chi connectivity index (χ4n) is 3.48. The molecular weight excluding hydrogens is 319 g/mol. The van der Waals surface area contributed by atoms with Crippen molar-refractivity contribution in [3.63, 3.8) is 0 Å². The van der Waals surface area contributed by atoms with Crippen LogP contribution in [-0.4, -0.2) is 48.5 Å². The summed E-state index contributed by atoms with van der Waals surface area (Å²) >= 11 is 0. The van der Waals surface area contributed by atoms with E-state index in [2.05, 4.69) is 23.1 Å². The number of carbonyl (C=O) groups excluding carboxylic acids is 1. The summed E-state index contributed by atoms with van der Waals surface area (Å²) in [5, 5.41) is 0. The van der Waals surface area contributed by atoms with Crippen molar-refractivity contribution in [2.75, 3.05) is 32.8 Å².